The van der Waals surface area contributed by atoms with Gasteiger partial charge in [0.25, 0.3) is 0 Å². The van der Waals surface area contributed by atoms with Crippen LogP contribution in [0.2, 0.25) is 0 Å². The monoisotopic (exact) mass is 554 g/mol. The molecule has 39 heavy (non-hydrogen) atoms. The number of nitrogens with zero attached hydrogens (tertiary/aromatic N) is 2. The highest BCUT2D eigenvalue weighted by Crippen LogP contribution is 2.05. The zero-order valence-electron chi connectivity index (χ0n) is 21.0. The summed E-state index contributed by atoms with van der Waals surface area (Å²) in [6.45, 7) is 0.0954. The third kappa shape index (κ3) is 12.9. The number of nitrogens with one attached hydrogen (secondary N) is 4. The minimum absolute atomic E-state index is 0.0279. The van der Waals surface area contributed by atoms with Crippen molar-refractivity contribution in [3.63, 3.8) is 0 Å². The van der Waals surface area contributed by atoms with Gasteiger partial charge in [-0.2, -0.15) is 0 Å². The summed E-state index contributed by atoms with van der Waals surface area (Å²) in [5, 5.41) is 25.3. The van der Waals surface area contributed by atoms with E-state index < -0.39 is 79.0 Å². The lowest BCUT2D eigenvalue weighted by molar-refractivity contribution is -0.143. The highest BCUT2D eigenvalue weighted by Gasteiger charge is 2.31. The molecule has 14 N–H and O–H groups in total. The van der Waals surface area contributed by atoms with Crippen LogP contribution in [-0.2, 0) is 35.2 Å². The number of carboxylic acids is 2. The molecule has 1 aromatic rings. The first-order chi connectivity index (χ1) is 18.3. The molecule has 0 aromatic carbocycles. The van der Waals surface area contributed by atoms with Gasteiger partial charge in [-0.3, -0.25) is 29.0 Å². The molecule has 1 heterocycles. The van der Waals surface area contributed by atoms with Crippen molar-refractivity contribution in [3.05, 3.63) is 18.2 Å². The molecule has 0 aliphatic heterocycles. The van der Waals surface area contributed by atoms with Gasteiger partial charge in [0.05, 0.1) is 18.8 Å². The number of carbonyl (C=O) groups excluding carboxylic acids is 4. The standard InChI is InChI=1S/C21H34N10O8/c22-11(6-10-8-26-9-28-10)17(35)31-14(7-15(23)32)19(37)29-12(3-4-16(33)34)18(36)30-13(20(38)39)2-1-5-27-21(24)25/h8-9,11-14H,1-7,22H2,(H2,23,32)(H,26,28)(H,29,37)(H,30,36)(H,31,35)(H,33,34)(H,38,39)(H4,24,25,27). The summed E-state index contributed by atoms with van der Waals surface area (Å²) in [6, 6.07) is -5.63. The summed E-state index contributed by atoms with van der Waals surface area (Å²) >= 11 is 0. The van der Waals surface area contributed by atoms with Gasteiger partial charge in [0.15, 0.2) is 5.96 Å². The summed E-state index contributed by atoms with van der Waals surface area (Å²) < 4.78 is 0. The van der Waals surface area contributed by atoms with Crippen molar-refractivity contribution in [2.45, 2.75) is 62.7 Å². The normalized spacial score (nSPS) is 13.7. The molecule has 0 spiro atoms. The molecule has 1 aromatic heterocycles. The van der Waals surface area contributed by atoms with Crippen LogP contribution in [0.4, 0.5) is 0 Å². The minimum Gasteiger partial charge on any atom is -0.481 e. The summed E-state index contributed by atoms with van der Waals surface area (Å²) in [7, 11) is 0. The van der Waals surface area contributed by atoms with Crippen molar-refractivity contribution < 1.29 is 39.0 Å². The molecule has 0 saturated heterocycles. The Morgan fingerprint density at radius 3 is 2.08 bits per heavy atom. The average molecular weight is 555 g/mol. The van der Waals surface area contributed by atoms with Crippen molar-refractivity contribution in [2.75, 3.05) is 6.54 Å². The van der Waals surface area contributed by atoms with Gasteiger partial charge in [0.2, 0.25) is 23.6 Å². The van der Waals surface area contributed by atoms with E-state index in [-0.39, 0.29) is 31.8 Å². The van der Waals surface area contributed by atoms with E-state index >= 15 is 0 Å². The fourth-order valence-electron chi connectivity index (χ4n) is 3.26. The second kappa shape index (κ2) is 16.2. The van der Waals surface area contributed by atoms with Crippen LogP contribution in [0.15, 0.2) is 17.5 Å². The molecule has 4 unspecified atom stereocenters. The van der Waals surface area contributed by atoms with Gasteiger partial charge in [-0.05, 0) is 19.3 Å². The molecule has 0 radical (unpaired) electrons. The quantitative estimate of drug-likeness (QED) is 0.0467. The Labute approximate surface area is 222 Å². The van der Waals surface area contributed by atoms with E-state index in [0.29, 0.717) is 5.69 Å². The summed E-state index contributed by atoms with van der Waals surface area (Å²) in [6.07, 6.45) is 1.30. The van der Waals surface area contributed by atoms with E-state index in [1.807, 2.05) is 0 Å². The van der Waals surface area contributed by atoms with E-state index in [4.69, 9.17) is 28.0 Å². The van der Waals surface area contributed by atoms with Gasteiger partial charge in [-0.25, -0.2) is 9.78 Å². The topological polar surface area (TPSA) is 324 Å². The fourth-order valence-corrected chi connectivity index (χ4v) is 3.26. The zero-order chi connectivity index (χ0) is 29.5. The Morgan fingerprint density at radius 2 is 1.54 bits per heavy atom. The number of aromatic amines is 1. The van der Waals surface area contributed by atoms with Crippen LogP contribution in [0, 0.1) is 0 Å². The van der Waals surface area contributed by atoms with Crippen LogP contribution < -0.4 is 38.9 Å². The van der Waals surface area contributed by atoms with Crippen LogP contribution >= 0.6 is 0 Å². The number of guanidine groups is 1. The first-order valence-corrected chi connectivity index (χ1v) is 11.7. The molecule has 0 bridgehead atoms. The smallest absolute Gasteiger partial charge is 0.326 e. The van der Waals surface area contributed by atoms with Gasteiger partial charge in [0.1, 0.15) is 18.1 Å². The van der Waals surface area contributed by atoms with Gasteiger partial charge in [-0.15, -0.1) is 0 Å². The van der Waals surface area contributed by atoms with E-state index in [9.17, 15) is 33.9 Å². The number of imidazole rings is 1. The number of aliphatic carboxylic acids is 2. The Bertz CT molecular complexity index is 1040. The number of primary amides is 1. The third-order valence-corrected chi connectivity index (χ3v) is 5.21. The van der Waals surface area contributed by atoms with E-state index in [1.54, 1.807) is 0 Å². The number of nitrogens with two attached hydrogens (primary N) is 4. The lowest BCUT2D eigenvalue weighted by Gasteiger charge is -2.24. The first-order valence-electron chi connectivity index (χ1n) is 11.7. The lowest BCUT2D eigenvalue weighted by atomic mass is 10.1. The van der Waals surface area contributed by atoms with Gasteiger partial charge in [-0.1, -0.05) is 0 Å². The molecule has 4 atom stereocenters. The molecule has 0 aliphatic rings. The Balaban J connectivity index is 2.96. The molecular weight excluding hydrogens is 520 g/mol. The van der Waals surface area contributed by atoms with Crippen LogP contribution in [0.25, 0.3) is 0 Å². The Morgan fingerprint density at radius 1 is 0.923 bits per heavy atom. The zero-order valence-corrected chi connectivity index (χ0v) is 21.0. The predicted molar refractivity (Wildman–Crippen MR) is 134 cm³/mol. The van der Waals surface area contributed by atoms with Crippen LogP contribution in [0.3, 0.4) is 0 Å². The largest absolute Gasteiger partial charge is 0.481 e. The molecular formula is C21H34N10O8. The Hall–Kier alpha value is -4.74. The molecule has 216 valence electrons. The van der Waals surface area contributed by atoms with Gasteiger partial charge < -0.3 is 54.1 Å². The maximum Gasteiger partial charge on any atom is 0.326 e. The highest BCUT2D eigenvalue weighted by molar-refractivity contribution is 5.96. The number of H-pyrrole nitrogens is 1. The molecule has 18 nitrogen and oxygen atoms in total. The van der Waals surface area contributed by atoms with Crippen molar-refractivity contribution in [1.29, 1.82) is 0 Å². The molecule has 4 amide bonds. The molecule has 1 rings (SSSR count). The maximum absolute atomic E-state index is 12.9. The van der Waals surface area contributed by atoms with E-state index in [0.717, 1.165) is 0 Å². The fraction of sp³-hybridized carbons (Fsp3) is 0.524. The van der Waals surface area contributed by atoms with Gasteiger partial charge >= 0.3 is 11.9 Å². The Kier molecular flexibility index (Phi) is 13.4. The summed E-state index contributed by atoms with van der Waals surface area (Å²) in [5.41, 5.74) is 22.0. The molecule has 18 heteroatoms. The number of carboxylic acid groups (broad SMARTS) is 2. The van der Waals surface area contributed by atoms with Crippen molar-refractivity contribution in [1.82, 2.24) is 25.9 Å². The molecule has 0 fully saturated rings. The number of rotatable bonds is 18. The second-order valence-electron chi connectivity index (χ2n) is 8.46. The minimum atomic E-state index is -1.56. The summed E-state index contributed by atoms with van der Waals surface area (Å²) in [4.78, 5) is 82.8. The maximum atomic E-state index is 12.9. The number of aliphatic imine (C=N–C) groups is 1. The number of amides is 4. The number of carbonyl (C=O) groups is 6. The first kappa shape index (κ1) is 32.3. The number of hydrogen-bond acceptors (Lipinski definition) is 9. The SMILES string of the molecule is NC(=O)CC(NC(=O)C(N)Cc1cnc[nH]1)C(=O)NC(CCC(=O)O)C(=O)NC(CCCN=C(N)N)C(=O)O. The third-order valence-electron chi connectivity index (χ3n) is 5.21. The van der Waals surface area contributed by atoms with Crippen LogP contribution in [0.1, 0.15) is 37.8 Å². The van der Waals surface area contributed by atoms with Crippen LogP contribution in [-0.4, -0.2) is 92.4 Å². The van der Waals surface area contributed by atoms with Gasteiger partial charge in [0, 0.05) is 31.3 Å². The second-order valence-corrected chi connectivity index (χ2v) is 8.46. The van der Waals surface area contributed by atoms with Crippen LogP contribution in [0.5, 0.6) is 0 Å². The van der Waals surface area contributed by atoms with Crippen molar-refractivity contribution >= 4 is 41.5 Å². The number of hydrogen-bond donors (Lipinski definition) is 10. The van der Waals surface area contributed by atoms with Crippen molar-refractivity contribution in [2.24, 2.45) is 27.9 Å². The highest BCUT2D eigenvalue weighted by atomic mass is 16.4. The summed E-state index contributed by atoms with van der Waals surface area (Å²) in [5.74, 6) is -6.69. The van der Waals surface area contributed by atoms with E-state index in [2.05, 4.69) is 30.9 Å². The molecule has 0 saturated carbocycles. The predicted octanol–water partition coefficient (Wildman–Crippen LogP) is -4.39. The lowest BCUT2D eigenvalue weighted by Crippen LogP contribution is -2.58. The average Bonchev–Trinajstić information content (AvgIpc) is 3.35. The molecule has 0 aliphatic carbocycles. The van der Waals surface area contributed by atoms with E-state index in [1.165, 1.54) is 12.5 Å². The number of aromatic nitrogens is 2. The van der Waals surface area contributed by atoms with Crippen molar-refractivity contribution in [3.8, 4) is 0 Å².